The smallest absolute Gasteiger partial charge is 0.372 e. The van der Waals surface area contributed by atoms with E-state index in [1.54, 1.807) is 14.0 Å². The first-order valence-electron chi connectivity index (χ1n) is 4.30. The van der Waals surface area contributed by atoms with E-state index in [0.717, 1.165) is 0 Å². The van der Waals surface area contributed by atoms with Crippen LogP contribution in [0.5, 0.6) is 5.88 Å². The van der Waals surface area contributed by atoms with Crippen LogP contribution < -0.4 is 4.74 Å². The number of ether oxygens (including phenoxy) is 1. The molecule has 0 aliphatic rings. The molecule has 15 heavy (non-hydrogen) atoms. The molecule has 0 saturated heterocycles. The van der Waals surface area contributed by atoms with Gasteiger partial charge in [-0.05, 0) is 6.92 Å². The standard InChI is InChI=1S/C9H12N2O4/c1-5-6(4-7(12)9(13)14)8(15-3)11(2)10-5/h4H2,1-3H3,(H,13,14). The number of aryl methyl sites for hydroxylation is 2. The largest absolute Gasteiger partial charge is 0.481 e. The number of carboxylic acid groups (broad SMARTS) is 1. The van der Waals surface area contributed by atoms with E-state index < -0.39 is 11.8 Å². The lowest BCUT2D eigenvalue weighted by molar-refractivity contribution is -0.148. The Hall–Kier alpha value is -1.85. The van der Waals surface area contributed by atoms with Crippen LogP contribution in [0.15, 0.2) is 0 Å². The number of carbonyl (C=O) groups excluding carboxylic acids is 1. The highest BCUT2D eigenvalue weighted by Gasteiger charge is 2.20. The summed E-state index contributed by atoms with van der Waals surface area (Å²) < 4.78 is 6.50. The van der Waals surface area contributed by atoms with Crippen molar-refractivity contribution in [3.63, 3.8) is 0 Å². The summed E-state index contributed by atoms with van der Waals surface area (Å²) in [6, 6.07) is 0. The summed E-state index contributed by atoms with van der Waals surface area (Å²) in [5.41, 5.74) is 1.12. The van der Waals surface area contributed by atoms with Crippen LogP contribution in [0.25, 0.3) is 0 Å². The number of carbonyl (C=O) groups is 2. The van der Waals surface area contributed by atoms with Gasteiger partial charge in [0.15, 0.2) is 0 Å². The van der Waals surface area contributed by atoms with Gasteiger partial charge < -0.3 is 9.84 Å². The second-order valence-electron chi connectivity index (χ2n) is 3.10. The van der Waals surface area contributed by atoms with Gasteiger partial charge in [0.2, 0.25) is 11.7 Å². The van der Waals surface area contributed by atoms with Crippen LogP contribution in [0, 0.1) is 6.92 Å². The number of hydrogen-bond donors (Lipinski definition) is 1. The van der Waals surface area contributed by atoms with E-state index in [9.17, 15) is 9.59 Å². The molecule has 82 valence electrons. The maximum Gasteiger partial charge on any atom is 0.372 e. The van der Waals surface area contributed by atoms with Gasteiger partial charge in [-0.1, -0.05) is 0 Å². The van der Waals surface area contributed by atoms with Crippen LogP contribution in [0.4, 0.5) is 0 Å². The second-order valence-corrected chi connectivity index (χ2v) is 3.10. The number of aromatic nitrogens is 2. The lowest BCUT2D eigenvalue weighted by atomic mass is 10.1. The van der Waals surface area contributed by atoms with Crippen molar-refractivity contribution in [1.29, 1.82) is 0 Å². The summed E-state index contributed by atoms with van der Waals surface area (Å²) in [4.78, 5) is 21.5. The Balaban J connectivity index is 3.03. The highest BCUT2D eigenvalue weighted by Crippen LogP contribution is 2.21. The Kier molecular flexibility index (Phi) is 3.08. The Labute approximate surface area is 86.5 Å². The molecule has 6 heteroatoms. The molecule has 1 N–H and O–H groups in total. The van der Waals surface area contributed by atoms with Gasteiger partial charge in [0, 0.05) is 12.6 Å². The number of rotatable bonds is 4. The molecule has 0 aliphatic carbocycles. The average Bonchev–Trinajstić information content (AvgIpc) is 2.41. The van der Waals surface area contributed by atoms with Gasteiger partial charge in [-0.3, -0.25) is 4.79 Å². The van der Waals surface area contributed by atoms with E-state index in [2.05, 4.69) is 5.10 Å². The van der Waals surface area contributed by atoms with Gasteiger partial charge in [0.05, 0.1) is 19.2 Å². The minimum absolute atomic E-state index is 0.196. The number of ketones is 1. The number of nitrogens with zero attached hydrogens (tertiary/aromatic N) is 2. The molecular weight excluding hydrogens is 200 g/mol. The molecule has 0 amide bonds. The molecule has 0 fully saturated rings. The van der Waals surface area contributed by atoms with Crippen LogP contribution in [0.2, 0.25) is 0 Å². The van der Waals surface area contributed by atoms with Crippen molar-refractivity contribution >= 4 is 11.8 Å². The van der Waals surface area contributed by atoms with Crippen molar-refractivity contribution in [2.75, 3.05) is 7.11 Å². The summed E-state index contributed by atoms with van der Waals surface area (Å²) >= 11 is 0. The summed E-state index contributed by atoms with van der Waals surface area (Å²) in [5.74, 6) is -1.90. The zero-order valence-electron chi connectivity index (χ0n) is 8.77. The fourth-order valence-electron chi connectivity index (χ4n) is 1.38. The Morgan fingerprint density at radius 3 is 2.60 bits per heavy atom. The molecule has 1 heterocycles. The Morgan fingerprint density at radius 2 is 2.13 bits per heavy atom. The number of carboxylic acids is 1. The normalized spacial score (nSPS) is 10.1. The molecule has 0 bridgehead atoms. The maximum absolute atomic E-state index is 11.0. The van der Waals surface area contributed by atoms with Crippen molar-refractivity contribution in [3.05, 3.63) is 11.3 Å². The summed E-state index contributed by atoms with van der Waals surface area (Å²) in [7, 11) is 3.12. The molecule has 0 unspecified atom stereocenters. The molecular formula is C9H12N2O4. The third kappa shape index (κ3) is 2.15. The first kappa shape index (κ1) is 11.2. The molecule has 6 nitrogen and oxygen atoms in total. The van der Waals surface area contributed by atoms with Crippen LogP contribution in [-0.2, 0) is 23.1 Å². The fraction of sp³-hybridized carbons (Fsp3) is 0.444. The minimum atomic E-state index is -1.44. The van der Waals surface area contributed by atoms with E-state index in [4.69, 9.17) is 9.84 Å². The number of methoxy groups -OCH3 is 1. The third-order valence-corrected chi connectivity index (χ3v) is 2.06. The van der Waals surface area contributed by atoms with E-state index in [1.807, 2.05) is 0 Å². The lowest BCUT2D eigenvalue weighted by Gasteiger charge is -2.02. The quantitative estimate of drug-likeness (QED) is 0.707. The van der Waals surface area contributed by atoms with Crippen LogP contribution in [-0.4, -0.2) is 33.7 Å². The van der Waals surface area contributed by atoms with Gasteiger partial charge >= 0.3 is 5.97 Å². The summed E-state index contributed by atoms with van der Waals surface area (Å²) in [5, 5.41) is 12.5. The van der Waals surface area contributed by atoms with E-state index >= 15 is 0 Å². The van der Waals surface area contributed by atoms with Crippen LogP contribution >= 0.6 is 0 Å². The number of Topliss-reactive ketones (excluding diaryl/α,β-unsaturated/α-hetero) is 1. The first-order valence-corrected chi connectivity index (χ1v) is 4.30. The van der Waals surface area contributed by atoms with Crippen molar-refractivity contribution in [3.8, 4) is 5.88 Å². The predicted octanol–water partition coefficient (Wildman–Crippen LogP) is -0.0667. The fourth-order valence-corrected chi connectivity index (χ4v) is 1.38. The molecule has 1 rings (SSSR count). The lowest BCUT2D eigenvalue weighted by Crippen LogP contribution is -2.15. The van der Waals surface area contributed by atoms with Crippen molar-refractivity contribution in [1.82, 2.24) is 9.78 Å². The van der Waals surface area contributed by atoms with E-state index in [0.29, 0.717) is 17.1 Å². The van der Waals surface area contributed by atoms with Crippen molar-refractivity contribution in [2.24, 2.45) is 7.05 Å². The molecule has 0 aromatic carbocycles. The molecule has 0 spiro atoms. The van der Waals surface area contributed by atoms with Gasteiger partial charge in [0.1, 0.15) is 0 Å². The monoisotopic (exact) mass is 212 g/mol. The number of hydrogen-bond acceptors (Lipinski definition) is 4. The highest BCUT2D eigenvalue weighted by atomic mass is 16.5. The van der Waals surface area contributed by atoms with Crippen LogP contribution in [0.1, 0.15) is 11.3 Å². The molecule has 0 radical (unpaired) electrons. The van der Waals surface area contributed by atoms with Gasteiger partial charge in [-0.2, -0.15) is 5.10 Å². The highest BCUT2D eigenvalue weighted by molar-refractivity contribution is 6.33. The zero-order chi connectivity index (χ0) is 11.6. The number of aliphatic carboxylic acids is 1. The van der Waals surface area contributed by atoms with Crippen molar-refractivity contribution in [2.45, 2.75) is 13.3 Å². The minimum Gasteiger partial charge on any atom is -0.481 e. The first-order chi connectivity index (χ1) is 6.97. The summed E-state index contributed by atoms with van der Waals surface area (Å²) in [6.07, 6.45) is -0.196. The van der Waals surface area contributed by atoms with Crippen molar-refractivity contribution < 1.29 is 19.4 Å². The second kappa shape index (κ2) is 4.12. The van der Waals surface area contributed by atoms with Gasteiger partial charge in [0.25, 0.3) is 0 Å². The van der Waals surface area contributed by atoms with E-state index in [-0.39, 0.29) is 6.42 Å². The molecule has 1 aromatic heterocycles. The summed E-state index contributed by atoms with van der Waals surface area (Å²) in [6.45, 7) is 1.70. The predicted molar refractivity (Wildman–Crippen MR) is 50.8 cm³/mol. The Bertz CT molecular complexity index is 408. The molecule has 1 aromatic rings. The van der Waals surface area contributed by atoms with E-state index in [1.165, 1.54) is 11.8 Å². The SMILES string of the molecule is COc1c(CC(=O)C(=O)O)c(C)nn1C. The molecule has 0 saturated carbocycles. The molecule has 0 aliphatic heterocycles. The Morgan fingerprint density at radius 1 is 1.53 bits per heavy atom. The zero-order valence-corrected chi connectivity index (χ0v) is 8.77. The van der Waals surface area contributed by atoms with Crippen LogP contribution in [0.3, 0.4) is 0 Å². The third-order valence-electron chi connectivity index (χ3n) is 2.06. The average molecular weight is 212 g/mol. The maximum atomic E-state index is 11.0. The van der Waals surface area contributed by atoms with Gasteiger partial charge in [-0.15, -0.1) is 0 Å². The van der Waals surface area contributed by atoms with Gasteiger partial charge in [-0.25, -0.2) is 9.48 Å². The molecule has 0 atom stereocenters. The topological polar surface area (TPSA) is 81.4 Å².